The summed E-state index contributed by atoms with van der Waals surface area (Å²) < 4.78 is 5.08. The number of carbonyl (C=O) groups is 2. The van der Waals surface area contributed by atoms with Gasteiger partial charge in [0.05, 0.1) is 12.5 Å². The topological polar surface area (TPSA) is 79.7 Å². The third-order valence-electron chi connectivity index (χ3n) is 3.87. The number of hydrogen-bond donors (Lipinski definition) is 1. The minimum atomic E-state index is -0.802. The maximum absolute atomic E-state index is 12.4. The SMILES string of the molecule is COc1ncccc1C(=O)N1CCC(C)(C(=O)O)CC1. The molecular formula is C14H18N2O4. The maximum atomic E-state index is 12.4. The van der Waals surface area contributed by atoms with Gasteiger partial charge < -0.3 is 14.7 Å². The molecule has 0 aliphatic carbocycles. The predicted molar refractivity (Wildman–Crippen MR) is 71.7 cm³/mol. The van der Waals surface area contributed by atoms with Crippen LogP contribution >= 0.6 is 0 Å². The van der Waals surface area contributed by atoms with Crippen LogP contribution in [0.25, 0.3) is 0 Å². The number of ether oxygens (including phenoxy) is 1. The van der Waals surface area contributed by atoms with Gasteiger partial charge in [0, 0.05) is 19.3 Å². The van der Waals surface area contributed by atoms with Gasteiger partial charge in [-0.25, -0.2) is 4.98 Å². The molecule has 0 unspecified atom stereocenters. The van der Waals surface area contributed by atoms with Crippen molar-refractivity contribution in [2.75, 3.05) is 20.2 Å². The van der Waals surface area contributed by atoms with E-state index >= 15 is 0 Å². The van der Waals surface area contributed by atoms with Gasteiger partial charge in [-0.1, -0.05) is 0 Å². The van der Waals surface area contributed by atoms with Gasteiger partial charge in [0.1, 0.15) is 5.56 Å². The van der Waals surface area contributed by atoms with Gasteiger partial charge in [-0.05, 0) is 31.9 Å². The summed E-state index contributed by atoms with van der Waals surface area (Å²) in [6.07, 6.45) is 2.47. The Morgan fingerprint density at radius 3 is 2.60 bits per heavy atom. The van der Waals surface area contributed by atoms with Crippen molar-refractivity contribution >= 4 is 11.9 Å². The van der Waals surface area contributed by atoms with E-state index in [1.165, 1.54) is 7.11 Å². The average molecular weight is 278 g/mol. The molecule has 1 fully saturated rings. The number of carbonyl (C=O) groups excluding carboxylic acids is 1. The van der Waals surface area contributed by atoms with E-state index in [1.54, 1.807) is 30.2 Å². The molecular weight excluding hydrogens is 260 g/mol. The maximum Gasteiger partial charge on any atom is 0.309 e. The first-order valence-corrected chi connectivity index (χ1v) is 6.49. The average Bonchev–Trinajstić information content (AvgIpc) is 2.47. The van der Waals surface area contributed by atoms with Crippen LogP contribution in [-0.2, 0) is 4.79 Å². The highest BCUT2D eigenvalue weighted by Crippen LogP contribution is 2.32. The van der Waals surface area contributed by atoms with Crippen molar-refractivity contribution in [3.63, 3.8) is 0 Å². The van der Waals surface area contributed by atoms with Crippen LogP contribution in [0.4, 0.5) is 0 Å². The number of carboxylic acids is 1. The molecule has 6 heteroatoms. The lowest BCUT2D eigenvalue weighted by Crippen LogP contribution is -2.45. The lowest BCUT2D eigenvalue weighted by Gasteiger charge is -2.36. The number of piperidine rings is 1. The Hall–Kier alpha value is -2.11. The molecule has 0 aromatic carbocycles. The molecule has 0 radical (unpaired) electrons. The zero-order valence-electron chi connectivity index (χ0n) is 11.6. The molecule has 1 amide bonds. The molecule has 0 saturated carbocycles. The molecule has 1 aliphatic heterocycles. The van der Waals surface area contributed by atoms with Crippen LogP contribution in [0.5, 0.6) is 5.88 Å². The predicted octanol–water partition coefficient (Wildman–Crippen LogP) is 1.42. The number of pyridine rings is 1. The number of aromatic nitrogens is 1. The number of carboxylic acid groups (broad SMARTS) is 1. The molecule has 2 rings (SSSR count). The number of amides is 1. The summed E-state index contributed by atoms with van der Waals surface area (Å²) in [6.45, 7) is 2.58. The van der Waals surface area contributed by atoms with E-state index in [0.29, 0.717) is 37.4 Å². The van der Waals surface area contributed by atoms with Crippen molar-refractivity contribution < 1.29 is 19.4 Å². The van der Waals surface area contributed by atoms with Crippen LogP contribution in [0, 0.1) is 5.41 Å². The molecule has 1 aliphatic rings. The van der Waals surface area contributed by atoms with Crippen LogP contribution in [0.3, 0.4) is 0 Å². The molecule has 2 heterocycles. The van der Waals surface area contributed by atoms with Crippen molar-refractivity contribution in [1.29, 1.82) is 0 Å². The first-order valence-electron chi connectivity index (χ1n) is 6.49. The molecule has 108 valence electrons. The fourth-order valence-corrected chi connectivity index (χ4v) is 2.30. The highest BCUT2D eigenvalue weighted by atomic mass is 16.5. The van der Waals surface area contributed by atoms with Gasteiger partial charge in [0.2, 0.25) is 5.88 Å². The van der Waals surface area contributed by atoms with Crippen LogP contribution in [0.1, 0.15) is 30.1 Å². The summed E-state index contributed by atoms with van der Waals surface area (Å²) in [5.41, 5.74) is -0.329. The summed E-state index contributed by atoms with van der Waals surface area (Å²) >= 11 is 0. The van der Waals surface area contributed by atoms with Gasteiger partial charge >= 0.3 is 5.97 Å². The zero-order chi connectivity index (χ0) is 14.8. The summed E-state index contributed by atoms with van der Waals surface area (Å²) in [5.74, 6) is -0.671. The van der Waals surface area contributed by atoms with E-state index in [-0.39, 0.29) is 5.91 Å². The summed E-state index contributed by atoms with van der Waals surface area (Å²) in [4.78, 5) is 29.3. The van der Waals surface area contributed by atoms with Crippen molar-refractivity contribution in [3.8, 4) is 5.88 Å². The van der Waals surface area contributed by atoms with Crippen molar-refractivity contribution in [2.45, 2.75) is 19.8 Å². The Morgan fingerprint density at radius 1 is 1.40 bits per heavy atom. The van der Waals surface area contributed by atoms with Gasteiger partial charge in [-0.2, -0.15) is 0 Å². The number of aliphatic carboxylic acids is 1. The Labute approximate surface area is 117 Å². The zero-order valence-corrected chi connectivity index (χ0v) is 11.6. The first kappa shape index (κ1) is 14.3. The Balaban J connectivity index is 2.11. The first-order chi connectivity index (χ1) is 9.48. The summed E-state index contributed by atoms with van der Waals surface area (Å²) in [7, 11) is 1.47. The second kappa shape index (κ2) is 5.48. The van der Waals surface area contributed by atoms with Crippen LogP contribution in [0.15, 0.2) is 18.3 Å². The lowest BCUT2D eigenvalue weighted by molar-refractivity contribution is -0.150. The molecule has 1 saturated heterocycles. The smallest absolute Gasteiger partial charge is 0.309 e. The van der Waals surface area contributed by atoms with E-state index in [9.17, 15) is 14.7 Å². The van der Waals surface area contributed by atoms with Crippen molar-refractivity contribution in [2.24, 2.45) is 5.41 Å². The largest absolute Gasteiger partial charge is 0.481 e. The van der Waals surface area contributed by atoms with Crippen LogP contribution in [0.2, 0.25) is 0 Å². The summed E-state index contributed by atoms with van der Waals surface area (Å²) in [5, 5.41) is 9.19. The minimum absolute atomic E-state index is 0.164. The fourth-order valence-electron chi connectivity index (χ4n) is 2.30. The molecule has 1 aromatic rings. The molecule has 0 atom stereocenters. The second-order valence-corrected chi connectivity index (χ2v) is 5.22. The molecule has 1 N–H and O–H groups in total. The number of likely N-dealkylation sites (tertiary alicyclic amines) is 1. The van der Waals surface area contributed by atoms with Gasteiger partial charge in [0.15, 0.2) is 0 Å². The number of nitrogens with zero attached hydrogens (tertiary/aromatic N) is 2. The van der Waals surface area contributed by atoms with Crippen LogP contribution < -0.4 is 4.74 Å². The Kier molecular flexibility index (Phi) is 3.92. The van der Waals surface area contributed by atoms with E-state index in [2.05, 4.69) is 4.98 Å². The van der Waals surface area contributed by atoms with E-state index in [1.807, 2.05) is 0 Å². The van der Waals surface area contributed by atoms with Crippen molar-refractivity contribution in [1.82, 2.24) is 9.88 Å². The molecule has 0 bridgehead atoms. The highest BCUT2D eigenvalue weighted by Gasteiger charge is 2.38. The molecule has 0 spiro atoms. The second-order valence-electron chi connectivity index (χ2n) is 5.22. The highest BCUT2D eigenvalue weighted by molar-refractivity contribution is 5.96. The third kappa shape index (κ3) is 2.59. The fraction of sp³-hybridized carbons (Fsp3) is 0.500. The monoisotopic (exact) mass is 278 g/mol. The van der Waals surface area contributed by atoms with E-state index < -0.39 is 11.4 Å². The van der Waals surface area contributed by atoms with Gasteiger partial charge in [-0.15, -0.1) is 0 Å². The number of rotatable bonds is 3. The van der Waals surface area contributed by atoms with E-state index in [0.717, 1.165) is 0 Å². The van der Waals surface area contributed by atoms with Crippen LogP contribution in [-0.4, -0.2) is 47.1 Å². The summed E-state index contributed by atoms with van der Waals surface area (Å²) in [6, 6.07) is 3.35. The quantitative estimate of drug-likeness (QED) is 0.904. The Bertz CT molecular complexity index is 522. The third-order valence-corrected chi connectivity index (χ3v) is 3.87. The molecule has 6 nitrogen and oxygen atoms in total. The molecule has 20 heavy (non-hydrogen) atoms. The standard InChI is InChI=1S/C14H18N2O4/c1-14(13(18)19)5-8-16(9-6-14)12(17)10-4-3-7-15-11(10)20-2/h3-4,7H,5-6,8-9H2,1-2H3,(H,18,19). The van der Waals surface area contributed by atoms with Gasteiger partial charge in [0.25, 0.3) is 5.91 Å². The Morgan fingerprint density at radius 2 is 2.05 bits per heavy atom. The van der Waals surface area contributed by atoms with Gasteiger partial charge in [-0.3, -0.25) is 9.59 Å². The minimum Gasteiger partial charge on any atom is -0.481 e. The number of hydrogen-bond acceptors (Lipinski definition) is 4. The number of methoxy groups -OCH3 is 1. The lowest BCUT2D eigenvalue weighted by atomic mass is 9.80. The van der Waals surface area contributed by atoms with E-state index in [4.69, 9.17) is 4.74 Å². The van der Waals surface area contributed by atoms with Crippen molar-refractivity contribution in [3.05, 3.63) is 23.9 Å². The normalized spacial score (nSPS) is 17.6. The molecule has 1 aromatic heterocycles.